The minimum absolute atomic E-state index is 0.0805. The summed E-state index contributed by atoms with van der Waals surface area (Å²) in [6.07, 6.45) is -2.25. The van der Waals surface area contributed by atoms with Gasteiger partial charge in [0, 0.05) is 30.0 Å². The van der Waals surface area contributed by atoms with Gasteiger partial charge in [-0.1, -0.05) is 26.8 Å². The molecule has 1 saturated heterocycles. The molecule has 11 heteroatoms. The van der Waals surface area contributed by atoms with Crippen LogP contribution in [0.4, 0.5) is 4.79 Å². The molecule has 2 unspecified atom stereocenters. The van der Waals surface area contributed by atoms with Crippen molar-refractivity contribution in [2.24, 2.45) is 0 Å². The molecule has 0 bridgehead atoms. The van der Waals surface area contributed by atoms with Crippen molar-refractivity contribution in [1.29, 1.82) is 0 Å². The van der Waals surface area contributed by atoms with Crippen LogP contribution in [0.5, 0.6) is 5.75 Å². The zero-order valence-electron chi connectivity index (χ0n) is 21.7. The SMILES string of the molecule is CCOc1ccc(CSOC(OC(=O)O)C2(C(=O)OC)CCCO2)cc1CO[Si](C)(C)C(C)(C)C. The molecule has 0 saturated carbocycles. The number of rotatable bonds is 12. The van der Waals surface area contributed by atoms with Crippen LogP contribution >= 0.6 is 12.0 Å². The Morgan fingerprint density at radius 1 is 1.29 bits per heavy atom. The topological polar surface area (TPSA) is 110 Å². The summed E-state index contributed by atoms with van der Waals surface area (Å²) in [5.74, 6) is 0.404. The van der Waals surface area contributed by atoms with Crippen molar-refractivity contribution in [2.45, 2.75) is 82.9 Å². The van der Waals surface area contributed by atoms with E-state index in [1.54, 1.807) is 0 Å². The van der Waals surface area contributed by atoms with Crippen LogP contribution in [0, 0.1) is 0 Å². The van der Waals surface area contributed by atoms with Crippen molar-refractivity contribution in [3.05, 3.63) is 29.3 Å². The Morgan fingerprint density at radius 2 is 2.00 bits per heavy atom. The monoisotopic (exact) mass is 530 g/mol. The zero-order valence-corrected chi connectivity index (χ0v) is 23.5. The number of carboxylic acid groups (broad SMARTS) is 1. The van der Waals surface area contributed by atoms with Crippen LogP contribution in [0.2, 0.25) is 18.1 Å². The lowest BCUT2D eigenvalue weighted by atomic mass is 10.00. The molecule has 198 valence electrons. The van der Waals surface area contributed by atoms with E-state index in [9.17, 15) is 14.7 Å². The van der Waals surface area contributed by atoms with Gasteiger partial charge in [-0.3, -0.25) is 4.18 Å². The molecule has 1 aromatic rings. The van der Waals surface area contributed by atoms with Crippen LogP contribution in [0.1, 0.15) is 51.7 Å². The fraction of sp³-hybridized carbons (Fsp3) is 0.667. The number of carbonyl (C=O) groups is 2. The van der Waals surface area contributed by atoms with Gasteiger partial charge in [-0.2, -0.15) is 0 Å². The van der Waals surface area contributed by atoms with E-state index >= 15 is 0 Å². The van der Waals surface area contributed by atoms with Crippen LogP contribution in [0.3, 0.4) is 0 Å². The summed E-state index contributed by atoms with van der Waals surface area (Å²) >= 11 is 0.976. The second kappa shape index (κ2) is 12.4. The maximum atomic E-state index is 12.4. The van der Waals surface area contributed by atoms with Crippen molar-refractivity contribution in [3.63, 3.8) is 0 Å². The van der Waals surface area contributed by atoms with Gasteiger partial charge in [-0.15, -0.1) is 0 Å². The first-order valence-electron chi connectivity index (χ1n) is 11.6. The number of ether oxygens (including phenoxy) is 4. The molecule has 1 fully saturated rings. The maximum Gasteiger partial charge on any atom is 0.508 e. The van der Waals surface area contributed by atoms with Crippen molar-refractivity contribution >= 4 is 32.5 Å². The molecule has 0 spiro atoms. The molecule has 0 radical (unpaired) electrons. The highest BCUT2D eigenvalue weighted by molar-refractivity contribution is 7.93. The Kier molecular flexibility index (Phi) is 10.5. The fourth-order valence-corrected chi connectivity index (χ4v) is 4.98. The average molecular weight is 531 g/mol. The van der Waals surface area contributed by atoms with Gasteiger partial charge in [0.05, 0.1) is 20.3 Å². The third-order valence-corrected chi connectivity index (χ3v) is 11.6. The third kappa shape index (κ3) is 7.59. The highest BCUT2D eigenvalue weighted by atomic mass is 32.2. The van der Waals surface area contributed by atoms with E-state index in [-0.39, 0.29) is 18.1 Å². The van der Waals surface area contributed by atoms with Crippen molar-refractivity contribution in [2.75, 3.05) is 20.3 Å². The van der Waals surface area contributed by atoms with E-state index in [0.29, 0.717) is 25.4 Å². The molecule has 1 aliphatic heterocycles. The van der Waals surface area contributed by atoms with Gasteiger partial charge in [0.15, 0.2) is 8.32 Å². The summed E-state index contributed by atoms with van der Waals surface area (Å²) in [6.45, 7) is 14.1. The minimum atomic E-state index is -1.96. The molecule has 35 heavy (non-hydrogen) atoms. The Morgan fingerprint density at radius 3 is 2.54 bits per heavy atom. The molecule has 9 nitrogen and oxygen atoms in total. The van der Waals surface area contributed by atoms with E-state index in [1.165, 1.54) is 7.11 Å². The van der Waals surface area contributed by atoms with Crippen molar-refractivity contribution in [1.82, 2.24) is 0 Å². The zero-order chi connectivity index (χ0) is 26.3. The quantitative estimate of drug-likeness (QED) is 0.161. The van der Waals surface area contributed by atoms with Gasteiger partial charge in [-0.25, -0.2) is 9.59 Å². The first-order chi connectivity index (χ1) is 16.4. The number of methoxy groups -OCH3 is 1. The highest BCUT2D eigenvalue weighted by Gasteiger charge is 2.54. The van der Waals surface area contributed by atoms with E-state index in [0.717, 1.165) is 28.9 Å². The van der Waals surface area contributed by atoms with Crippen LogP contribution < -0.4 is 4.74 Å². The van der Waals surface area contributed by atoms with Gasteiger partial charge < -0.3 is 28.5 Å². The number of hydrogen-bond acceptors (Lipinski definition) is 9. The van der Waals surface area contributed by atoms with Crippen LogP contribution in [-0.4, -0.2) is 57.8 Å². The lowest BCUT2D eigenvalue weighted by Crippen LogP contribution is -2.52. The van der Waals surface area contributed by atoms with Gasteiger partial charge >= 0.3 is 12.1 Å². The molecule has 0 amide bonds. The first-order valence-corrected chi connectivity index (χ1v) is 15.5. The number of hydrogen-bond donors (Lipinski definition) is 1. The standard InChI is InChI=1S/C24H38O9SSi/c1-8-29-19-11-10-17(14-18(19)15-31-35(6,7)23(2,3)4)16-34-33-21(32-22(26)27)24(20(25)28-5)12-9-13-30-24/h10-11,14,21H,8-9,12-13,15-16H2,1-7H3,(H,26,27). The van der Waals surface area contributed by atoms with Gasteiger partial charge in [0.2, 0.25) is 5.60 Å². The molecule has 2 atom stereocenters. The Balaban J connectivity index is 2.14. The number of benzene rings is 1. The van der Waals surface area contributed by atoms with Crippen molar-refractivity contribution in [3.8, 4) is 5.75 Å². The number of carbonyl (C=O) groups excluding carboxylic acids is 1. The molecule has 1 aromatic carbocycles. The molecule has 0 aliphatic carbocycles. The van der Waals surface area contributed by atoms with Crippen LogP contribution in [0.15, 0.2) is 18.2 Å². The predicted molar refractivity (Wildman–Crippen MR) is 135 cm³/mol. The molecule has 1 heterocycles. The summed E-state index contributed by atoms with van der Waals surface area (Å²) in [5.41, 5.74) is 0.222. The molecular formula is C24H38O9SSi. The summed E-state index contributed by atoms with van der Waals surface area (Å²) in [4.78, 5) is 23.7. The predicted octanol–water partition coefficient (Wildman–Crippen LogP) is 5.51. The normalized spacial score (nSPS) is 19.3. The lowest BCUT2D eigenvalue weighted by molar-refractivity contribution is -0.204. The summed E-state index contributed by atoms with van der Waals surface area (Å²) in [5, 5.41) is 9.27. The Hall–Kier alpha value is -1.79. The van der Waals surface area contributed by atoms with Gasteiger partial charge in [0.25, 0.3) is 6.29 Å². The highest BCUT2D eigenvalue weighted by Crippen LogP contribution is 2.38. The minimum Gasteiger partial charge on any atom is -0.494 e. The number of esters is 1. The van der Waals surface area contributed by atoms with Crippen LogP contribution in [-0.2, 0) is 40.0 Å². The maximum absolute atomic E-state index is 12.4. The average Bonchev–Trinajstić information content (AvgIpc) is 3.28. The fourth-order valence-electron chi connectivity index (χ4n) is 3.33. The molecule has 1 N–H and O–H groups in total. The van der Waals surface area contributed by atoms with E-state index < -0.39 is 32.3 Å². The third-order valence-electron chi connectivity index (χ3n) is 6.37. The summed E-state index contributed by atoms with van der Waals surface area (Å²) in [6, 6.07) is 5.79. The smallest absolute Gasteiger partial charge is 0.494 e. The summed E-state index contributed by atoms with van der Waals surface area (Å²) < 4.78 is 33.2. The van der Waals surface area contributed by atoms with Crippen LogP contribution in [0.25, 0.3) is 0 Å². The van der Waals surface area contributed by atoms with Gasteiger partial charge in [0.1, 0.15) is 5.75 Å². The van der Waals surface area contributed by atoms with E-state index in [2.05, 4.69) is 33.9 Å². The second-order valence-electron chi connectivity index (χ2n) is 9.83. The summed E-state index contributed by atoms with van der Waals surface area (Å²) in [7, 11) is -0.748. The molecule has 2 rings (SSSR count). The van der Waals surface area contributed by atoms with Gasteiger partial charge in [-0.05, 0) is 55.6 Å². The second-order valence-corrected chi connectivity index (χ2v) is 15.4. The molecule has 1 aliphatic rings. The molecular weight excluding hydrogens is 492 g/mol. The largest absolute Gasteiger partial charge is 0.508 e. The molecule has 0 aromatic heterocycles. The van der Waals surface area contributed by atoms with E-state index in [1.807, 2.05) is 25.1 Å². The Labute approximate surface area is 213 Å². The van der Waals surface area contributed by atoms with Crippen molar-refractivity contribution < 1.29 is 42.3 Å². The van der Waals surface area contributed by atoms with E-state index in [4.69, 9.17) is 27.6 Å². The lowest BCUT2D eigenvalue weighted by Gasteiger charge is -2.36. The Bertz CT molecular complexity index is 863. The first kappa shape index (κ1) is 29.4.